The molecule has 25 heavy (non-hydrogen) atoms. The van der Waals surface area contributed by atoms with Crippen LogP contribution in [-0.2, 0) is 15.7 Å². The van der Waals surface area contributed by atoms with E-state index < -0.39 is 22.5 Å². The van der Waals surface area contributed by atoms with Crippen molar-refractivity contribution in [1.29, 1.82) is 0 Å². The molecule has 1 aliphatic rings. The highest BCUT2D eigenvalue weighted by molar-refractivity contribution is 6.30. The highest BCUT2D eigenvalue weighted by Crippen LogP contribution is 2.34. The summed E-state index contributed by atoms with van der Waals surface area (Å²) >= 11 is 5.60. The van der Waals surface area contributed by atoms with Gasteiger partial charge in [0.1, 0.15) is 16.3 Å². The van der Waals surface area contributed by atoms with Crippen LogP contribution in [0.15, 0.2) is 6.20 Å². The average molecular weight is 380 g/mol. The van der Waals surface area contributed by atoms with Crippen LogP contribution < -0.4 is 5.32 Å². The summed E-state index contributed by atoms with van der Waals surface area (Å²) in [6.07, 6.45) is -1.13. The van der Waals surface area contributed by atoms with Gasteiger partial charge in [-0.15, -0.1) is 0 Å². The molecule has 1 saturated carbocycles. The van der Waals surface area contributed by atoms with Crippen LogP contribution in [0.5, 0.6) is 0 Å². The number of carbonyl (C=O) groups is 1. The Balaban J connectivity index is 2.01. The van der Waals surface area contributed by atoms with Crippen LogP contribution >= 0.6 is 11.6 Å². The minimum Gasteiger partial charge on any atom is -0.460 e. The second kappa shape index (κ2) is 7.35. The van der Waals surface area contributed by atoms with Gasteiger partial charge in [0, 0.05) is 12.2 Å². The summed E-state index contributed by atoms with van der Waals surface area (Å²) in [6, 6.07) is -0.126. The fraction of sp³-hybridized carbons (Fsp3) is 0.688. The zero-order valence-corrected chi connectivity index (χ0v) is 15.0. The van der Waals surface area contributed by atoms with Crippen LogP contribution in [0.4, 0.5) is 19.1 Å². The zero-order valence-electron chi connectivity index (χ0n) is 14.3. The minimum absolute atomic E-state index is 0.0211. The van der Waals surface area contributed by atoms with E-state index in [0.717, 1.165) is 19.3 Å². The van der Waals surface area contributed by atoms with Crippen LogP contribution in [0.2, 0.25) is 5.15 Å². The largest absolute Gasteiger partial charge is 0.460 e. The number of halogens is 4. The molecular formula is C16H21ClF3N3O2. The van der Waals surface area contributed by atoms with Crippen LogP contribution in [0.25, 0.3) is 0 Å². The molecule has 0 spiro atoms. The Hall–Kier alpha value is -1.57. The summed E-state index contributed by atoms with van der Waals surface area (Å²) in [6.45, 7) is 5.42. The third-order valence-corrected chi connectivity index (χ3v) is 4.08. The number of anilines is 1. The number of rotatable bonds is 3. The van der Waals surface area contributed by atoms with Crippen molar-refractivity contribution in [3.05, 3.63) is 16.9 Å². The van der Waals surface area contributed by atoms with E-state index in [1.54, 1.807) is 0 Å². The van der Waals surface area contributed by atoms with E-state index in [9.17, 15) is 18.0 Å². The highest BCUT2D eigenvalue weighted by Gasteiger charge is 2.35. The molecule has 1 fully saturated rings. The molecule has 1 unspecified atom stereocenters. The van der Waals surface area contributed by atoms with Crippen LogP contribution in [0.3, 0.4) is 0 Å². The van der Waals surface area contributed by atoms with E-state index in [2.05, 4.69) is 15.3 Å². The van der Waals surface area contributed by atoms with Gasteiger partial charge in [-0.05, 0) is 40.0 Å². The van der Waals surface area contributed by atoms with Gasteiger partial charge >= 0.3 is 12.1 Å². The number of esters is 1. The quantitative estimate of drug-likeness (QED) is 0.620. The molecule has 0 amide bonds. The number of alkyl halides is 3. The minimum atomic E-state index is -4.59. The maximum Gasteiger partial charge on any atom is 0.420 e. The second-order valence-corrected chi connectivity index (χ2v) is 7.49. The van der Waals surface area contributed by atoms with Gasteiger partial charge in [-0.1, -0.05) is 18.0 Å². The maximum atomic E-state index is 12.7. The average Bonchev–Trinajstić information content (AvgIpc) is 2.44. The molecule has 1 aliphatic carbocycles. The molecule has 2 rings (SSSR count). The Morgan fingerprint density at radius 3 is 2.56 bits per heavy atom. The van der Waals surface area contributed by atoms with Gasteiger partial charge < -0.3 is 10.1 Å². The maximum absolute atomic E-state index is 12.7. The van der Waals surface area contributed by atoms with Crippen molar-refractivity contribution >= 4 is 23.5 Å². The van der Waals surface area contributed by atoms with E-state index in [1.807, 2.05) is 20.8 Å². The fourth-order valence-electron chi connectivity index (χ4n) is 2.72. The predicted octanol–water partition coefficient (Wildman–Crippen LogP) is 4.46. The highest BCUT2D eigenvalue weighted by atomic mass is 35.5. The summed E-state index contributed by atoms with van der Waals surface area (Å²) in [5, 5.41) is 2.32. The SMILES string of the molecule is CC(C)(C)OC(=O)C1CCC[C@H](Nc2ncc(C(F)(F)F)c(Cl)n2)C1. The molecule has 0 saturated heterocycles. The van der Waals surface area contributed by atoms with Crippen LogP contribution in [0.1, 0.15) is 52.0 Å². The van der Waals surface area contributed by atoms with Gasteiger partial charge in [0.05, 0.1) is 5.92 Å². The molecule has 0 aliphatic heterocycles. The first kappa shape index (κ1) is 19.8. The molecular weight excluding hydrogens is 359 g/mol. The molecule has 1 aromatic heterocycles. The number of ether oxygens (including phenoxy) is 1. The zero-order chi connectivity index (χ0) is 18.8. The fourth-order valence-corrected chi connectivity index (χ4v) is 2.96. The van der Waals surface area contributed by atoms with E-state index in [1.165, 1.54) is 0 Å². The molecule has 1 N–H and O–H groups in total. The monoisotopic (exact) mass is 379 g/mol. The van der Waals surface area contributed by atoms with Gasteiger partial charge in [-0.3, -0.25) is 4.79 Å². The Morgan fingerprint density at radius 1 is 1.32 bits per heavy atom. The number of hydrogen-bond acceptors (Lipinski definition) is 5. The summed E-state index contributed by atoms with van der Waals surface area (Å²) in [5.74, 6) is -0.492. The molecule has 0 bridgehead atoms. The van der Waals surface area contributed by atoms with Crippen molar-refractivity contribution in [2.45, 2.75) is 64.3 Å². The van der Waals surface area contributed by atoms with Crippen LogP contribution in [-0.4, -0.2) is 27.6 Å². The summed E-state index contributed by atoms with van der Waals surface area (Å²) in [5.41, 5.74) is -1.63. The number of nitrogens with one attached hydrogen (secondary N) is 1. The van der Waals surface area contributed by atoms with Gasteiger partial charge in [0.2, 0.25) is 5.95 Å². The Labute approximate surface area is 149 Å². The normalized spacial score (nSPS) is 21.7. The lowest BCUT2D eigenvalue weighted by molar-refractivity contribution is -0.161. The smallest absolute Gasteiger partial charge is 0.420 e. The topological polar surface area (TPSA) is 64.1 Å². The summed E-state index contributed by atoms with van der Waals surface area (Å²) in [4.78, 5) is 19.6. The Morgan fingerprint density at radius 2 is 2.00 bits per heavy atom. The third kappa shape index (κ3) is 5.73. The van der Waals surface area contributed by atoms with Crippen molar-refractivity contribution < 1.29 is 22.7 Å². The van der Waals surface area contributed by atoms with E-state index >= 15 is 0 Å². The van der Waals surface area contributed by atoms with Crippen LogP contribution in [0, 0.1) is 5.92 Å². The van der Waals surface area contributed by atoms with Gasteiger partial charge in [-0.25, -0.2) is 9.97 Å². The van der Waals surface area contributed by atoms with E-state index in [-0.39, 0.29) is 23.9 Å². The molecule has 140 valence electrons. The van der Waals surface area contributed by atoms with Crippen molar-refractivity contribution in [2.75, 3.05) is 5.32 Å². The van der Waals surface area contributed by atoms with Crippen molar-refractivity contribution in [1.82, 2.24) is 9.97 Å². The van der Waals surface area contributed by atoms with E-state index in [0.29, 0.717) is 12.6 Å². The van der Waals surface area contributed by atoms with Gasteiger partial charge in [0.15, 0.2) is 0 Å². The van der Waals surface area contributed by atoms with Gasteiger partial charge in [-0.2, -0.15) is 13.2 Å². The standard InChI is InChI=1S/C16H21ClF3N3O2/c1-15(2,3)25-13(24)9-5-4-6-10(7-9)22-14-21-8-11(12(17)23-14)16(18,19)20/h8-10H,4-7H2,1-3H3,(H,21,22,23)/t9?,10-/m0/s1. The summed E-state index contributed by atoms with van der Waals surface area (Å²) in [7, 11) is 0. The third-order valence-electron chi connectivity index (χ3n) is 3.80. The molecule has 0 aromatic carbocycles. The van der Waals surface area contributed by atoms with Crippen molar-refractivity contribution in [2.24, 2.45) is 5.92 Å². The van der Waals surface area contributed by atoms with Crippen molar-refractivity contribution in [3.8, 4) is 0 Å². The number of nitrogens with zero attached hydrogens (tertiary/aromatic N) is 2. The predicted molar refractivity (Wildman–Crippen MR) is 87.3 cm³/mol. The van der Waals surface area contributed by atoms with E-state index in [4.69, 9.17) is 16.3 Å². The molecule has 9 heteroatoms. The van der Waals surface area contributed by atoms with Gasteiger partial charge in [0.25, 0.3) is 0 Å². The Bertz CT molecular complexity index is 632. The number of aromatic nitrogens is 2. The first-order valence-electron chi connectivity index (χ1n) is 8.05. The molecule has 2 atom stereocenters. The summed E-state index contributed by atoms with van der Waals surface area (Å²) < 4.78 is 43.4. The lowest BCUT2D eigenvalue weighted by atomic mass is 9.85. The lowest BCUT2D eigenvalue weighted by Gasteiger charge is -2.30. The lowest BCUT2D eigenvalue weighted by Crippen LogP contribution is -2.35. The van der Waals surface area contributed by atoms with Crippen molar-refractivity contribution in [3.63, 3.8) is 0 Å². The molecule has 0 radical (unpaired) electrons. The molecule has 5 nitrogen and oxygen atoms in total. The Kier molecular flexibility index (Phi) is 5.81. The number of hydrogen-bond donors (Lipinski definition) is 1. The first-order valence-corrected chi connectivity index (χ1v) is 8.42. The second-order valence-electron chi connectivity index (χ2n) is 7.13. The molecule has 1 heterocycles. The number of carbonyl (C=O) groups excluding carboxylic acids is 1. The first-order chi connectivity index (χ1) is 11.5. The molecule has 1 aromatic rings.